The lowest BCUT2D eigenvalue weighted by Crippen LogP contribution is -2.62. The Morgan fingerprint density at radius 1 is 1.03 bits per heavy atom. The van der Waals surface area contributed by atoms with E-state index in [1.807, 2.05) is 0 Å². The number of hydrazone groups is 1. The van der Waals surface area contributed by atoms with Crippen LogP contribution in [0.15, 0.2) is 52.0 Å². The van der Waals surface area contributed by atoms with Crippen molar-refractivity contribution in [1.82, 2.24) is 0 Å². The van der Waals surface area contributed by atoms with E-state index >= 15 is 0 Å². The summed E-state index contributed by atoms with van der Waals surface area (Å²) in [4.78, 5) is 0. The lowest BCUT2D eigenvalue weighted by molar-refractivity contribution is -0.338. The number of hydrogen-bond acceptors (Lipinski definition) is 3. The number of aliphatic hydroxyl groups is 1. The molecule has 3 rings (SSSR count). The van der Waals surface area contributed by atoms with Crippen LogP contribution in [0.5, 0.6) is 0 Å². The first-order valence-corrected chi connectivity index (χ1v) is 9.37. The molecule has 1 aliphatic rings. The van der Waals surface area contributed by atoms with Gasteiger partial charge in [-0.25, -0.2) is 4.39 Å². The highest BCUT2D eigenvalue weighted by atomic mass is 79.9. The zero-order valence-electron chi connectivity index (χ0n) is 14.6. The molecule has 3 nitrogen and oxygen atoms in total. The number of nitrogens with zero attached hydrogens (tertiary/aromatic N) is 2. The van der Waals surface area contributed by atoms with Gasteiger partial charge in [-0.3, -0.25) is 5.01 Å². The molecular formula is C18H11BrClF7N2O. The summed E-state index contributed by atoms with van der Waals surface area (Å²) in [6.45, 7) is 0. The van der Waals surface area contributed by atoms with Crippen LogP contribution >= 0.6 is 27.5 Å². The topological polar surface area (TPSA) is 35.8 Å². The molecule has 162 valence electrons. The van der Waals surface area contributed by atoms with Crippen molar-refractivity contribution in [2.24, 2.45) is 5.10 Å². The summed E-state index contributed by atoms with van der Waals surface area (Å²) < 4.78 is 94.9. The molecule has 0 saturated carbocycles. The molecule has 0 fully saturated rings. The fraction of sp³-hybridized carbons (Fsp3) is 0.278. The molecule has 30 heavy (non-hydrogen) atoms. The lowest BCUT2D eigenvalue weighted by atomic mass is 9.89. The maximum atomic E-state index is 14.5. The fourth-order valence-electron chi connectivity index (χ4n) is 3.09. The smallest absolute Gasteiger partial charge is 0.369 e. The molecule has 1 aliphatic heterocycles. The van der Waals surface area contributed by atoms with Gasteiger partial charge in [-0.1, -0.05) is 45.7 Å². The van der Waals surface area contributed by atoms with Crippen LogP contribution in [-0.4, -0.2) is 28.8 Å². The molecule has 0 radical (unpaired) electrons. The van der Waals surface area contributed by atoms with Gasteiger partial charge in [0.25, 0.3) is 5.60 Å². The van der Waals surface area contributed by atoms with Gasteiger partial charge in [0.2, 0.25) is 0 Å². The molecular weight excluding hydrogens is 509 g/mol. The Morgan fingerprint density at radius 3 is 2.17 bits per heavy atom. The lowest BCUT2D eigenvalue weighted by Gasteiger charge is -2.32. The van der Waals surface area contributed by atoms with Crippen molar-refractivity contribution in [2.45, 2.75) is 30.4 Å². The second kappa shape index (κ2) is 7.69. The van der Waals surface area contributed by atoms with Crippen molar-refractivity contribution in [2.75, 3.05) is 5.01 Å². The van der Waals surface area contributed by atoms with E-state index in [1.165, 1.54) is 36.4 Å². The van der Waals surface area contributed by atoms with E-state index < -0.39 is 41.9 Å². The van der Waals surface area contributed by atoms with E-state index in [-0.39, 0.29) is 16.3 Å². The molecule has 2 aromatic carbocycles. The van der Waals surface area contributed by atoms with Crippen molar-refractivity contribution in [3.05, 3.63) is 63.3 Å². The normalized spacial score (nSPS) is 18.0. The number of halogens is 9. The third-order valence-corrected chi connectivity index (χ3v) is 5.38. The van der Waals surface area contributed by atoms with Gasteiger partial charge < -0.3 is 5.11 Å². The number of hydrogen-bond donors (Lipinski definition) is 1. The zero-order valence-corrected chi connectivity index (χ0v) is 16.9. The third kappa shape index (κ3) is 3.78. The number of benzene rings is 2. The molecule has 0 spiro atoms. The van der Waals surface area contributed by atoms with E-state index in [4.69, 9.17) is 11.6 Å². The first kappa shape index (κ1) is 22.8. The van der Waals surface area contributed by atoms with Crippen molar-refractivity contribution >= 4 is 38.9 Å². The summed E-state index contributed by atoms with van der Waals surface area (Å²) in [5.74, 6) is -0.884. The molecule has 1 heterocycles. The zero-order chi connectivity index (χ0) is 22.5. The molecule has 0 aromatic heterocycles. The molecule has 0 bridgehead atoms. The average Bonchev–Trinajstić information content (AvgIpc) is 3.04. The van der Waals surface area contributed by atoms with E-state index in [9.17, 15) is 35.8 Å². The quantitative estimate of drug-likeness (QED) is 0.476. The second-order valence-electron chi connectivity index (χ2n) is 6.43. The van der Waals surface area contributed by atoms with Gasteiger partial charge in [0.1, 0.15) is 5.82 Å². The Labute approximate surface area is 178 Å². The Hall–Kier alpha value is -1.85. The Balaban J connectivity index is 2.20. The molecule has 1 N–H and O–H groups in total. The largest absolute Gasteiger partial charge is 0.431 e. The van der Waals surface area contributed by atoms with Crippen molar-refractivity contribution in [3.63, 3.8) is 0 Å². The second-order valence-corrected chi connectivity index (χ2v) is 7.76. The van der Waals surface area contributed by atoms with Gasteiger partial charge in [0.05, 0.1) is 22.5 Å². The van der Waals surface area contributed by atoms with Crippen LogP contribution in [-0.2, 0) is 0 Å². The molecule has 2 aromatic rings. The highest BCUT2D eigenvalue weighted by Crippen LogP contribution is 2.49. The number of anilines is 1. The highest BCUT2D eigenvalue weighted by molar-refractivity contribution is 9.10. The molecule has 0 amide bonds. The minimum Gasteiger partial charge on any atom is -0.369 e. The molecule has 1 unspecified atom stereocenters. The fourth-order valence-corrected chi connectivity index (χ4v) is 3.65. The van der Waals surface area contributed by atoms with Gasteiger partial charge in [0, 0.05) is 16.5 Å². The first-order chi connectivity index (χ1) is 13.8. The first-order valence-electron chi connectivity index (χ1n) is 8.20. The number of rotatable bonds is 3. The van der Waals surface area contributed by atoms with Gasteiger partial charge in [-0.05, 0) is 24.3 Å². The molecule has 0 saturated heterocycles. The molecule has 0 aliphatic carbocycles. The summed E-state index contributed by atoms with van der Waals surface area (Å²) in [5, 5.41) is 13.9. The minimum atomic E-state index is -6.11. The predicted molar refractivity (Wildman–Crippen MR) is 99.9 cm³/mol. The standard InChI is InChI=1S/C18H11BrClF7N2O/c19-9-5-6-10(12(21)7-9)14-8-15(16(30,17(22,23)24)18(25,26)27)28-29(14)13-4-2-1-3-11(13)20/h1-7,14,30H,8H2. The summed E-state index contributed by atoms with van der Waals surface area (Å²) in [6, 6.07) is 7.75. The van der Waals surface area contributed by atoms with Gasteiger partial charge >= 0.3 is 12.4 Å². The minimum absolute atomic E-state index is 0.0347. The van der Waals surface area contributed by atoms with Gasteiger partial charge in [-0.15, -0.1) is 0 Å². The van der Waals surface area contributed by atoms with Crippen LogP contribution < -0.4 is 5.01 Å². The van der Waals surface area contributed by atoms with E-state index in [1.54, 1.807) is 0 Å². The summed E-state index contributed by atoms with van der Waals surface area (Å²) in [6.07, 6.45) is -13.3. The average molecular weight is 520 g/mol. The summed E-state index contributed by atoms with van der Waals surface area (Å²) >= 11 is 9.08. The maximum absolute atomic E-state index is 14.5. The number of alkyl halides is 6. The summed E-state index contributed by atoms with van der Waals surface area (Å²) in [5.41, 5.74) is -7.09. The van der Waals surface area contributed by atoms with Gasteiger partial charge in [0.15, 0.2) is 0 Å². The molecule has 1 atom stereocenters. The van der Waals surface area contributed by atoms with Crippen LogP contribution in [0, 0.1) is 5.82 Å². The highest BCUT2D eigenvalue weighted by Gasteiger charge is 2.74. The SMILES string of the molecule is OC(C1=NN(c2ccccc2Cl)C(c2ccc(Br)cc2F)C1)(C(F)(F)F)C(F)(F)F. The van der Waals surface area contributed by atoms with Crippen LogP contribution in [0.1, 0.15) is 18.0 Å². The Morgan fingerprint density at radius 2 is 1.63 bits per heavy atom. The molecule has 12 heteroatoms. The third-order valence-electron chi connectivity index (χ3n) is 4.57. The maximum Gasteiger partial charge on any atom is 0.431 e. The Kier molecular flexibility index (Phi) is 5.85. The monoisotopic (exact) mass is 518 g/mol. The van der Waals surface area contributed by atoms with Gasteiger partial charge in [-0.2, -0.15) is 31.4 Å². The van der Waals surface area contributed by atoms with Crippen LogP contribution in [0.4, 0.5) is 36.4 Å². The van der Waals surface area contributed by atoms with Crippen molar-refractivity contribution in [3.8, 4) is 0 Å². The number of para-hydroxylation sites is 1. The van der Waals surface area contributed by atoms with E-state index in [0.717, 1.165) is 11.1 Å². The van der Waals surface area contributed by atoms with Crippen molar-refractivity contribution < 1.29 is 35.8 Å². The van der Waals surface area contributed by atoms with Crippen molar-refractivity contribution in [1.29, 1.82) is 0 Å². The van der Waals surface area contributed by atoms with E-state index in [2.05, 4.69) is 21.0 Å². The Bertz CT molecular complexity index is 979. The van der Waals surface area contributed by atoms with Crippen LogP contribution in [0.25, 0.3) is 0 Å². The predicted octanol–water partition coefficient (Wildman–Crippen LogP) is 6.40. The summed E-state index contributed by atoms with van der Waals surface area (Å²) in [7, 11) is 0. The van der Waals surface area contributed by atoms with E-state index in [0.29, 0.717) is 4.47 Å². The van der Waals surface area contributed by atoms with Crippen LogP contribution in [0.2, 0.25) is 5.02 Å². The van der Waals surface area contributed by atoms with Crippen LogP contribution in [0.3, 0.4) is 0 Å².